The van der Waals surface area contributed by atoms with Crippen molar-refractivity contribution in [3.63, 3.8) is 0 Å². The lowest BCUT2D eigenvalue weighted by atomic mass is 10.2. The van der Waals surface area contributed by atoms with Gasteiger partial charge in [-0.15, -0.1) is 0 Å². The first-order chi connectivity index (χ1) is 16.5. The van der Waals surface area contributed by atoms with Gasteiger partial charge in [-0.3, -0.25) is 14.2 Å². The van der Waals surface area contributed by atoms with Crippen LogP contribution < -0.4 is 15.7 Å². The number of para-hydroxylation sites is 1. The van der Waals surface area contributed by atoms with E-state index in [9.17, 15) is 14.0 Å². The monoisotopic (exact) mass is 540 g/mol. The molecule has 10 heteroatoms. The molecule has 0 radical (unpaired) electrons. The van der Waals surface area contributed by atoms with Crippen molar-refractivity contribution in [3.05, 3.63) is 92.9 Å². The van der Waals surface area contributed by atoms with Crippen LogP contribution in [0.4, 0.5) is 4.39 Å². The van der Waals surface area contributed by atoms with Crippen LogP contribution in [0.1, 0.15) is 5.56 Å². The Morgan fingerprint density at radius 2 is 1.97 bits per heavy atom. The number of thioether (sulfide) groups is 1. The van der Waals surface area contributed by atoms with Gasteiger partial charge in [-0.25, -0.2) is 14.8 Å². The third kappa shape index (κ3) is 5.35. The lowest BCUT2D eigenvalue weighted by Crippen LogP contribution is -2.24. The Morgan fingerprint density at radius 3 is 2.74 bits per heavy atom. The average Bonchev–Trinajstić information content (AvgIpc) is 2.85. The Labute approximate surface area is 206 Å². The van der Waals surface area contributed by atoms with Crippen LogP contribution in [0.2, 0.25) is 0 Å². The average molecular weight is 541 g/mol. The van der Waals surface area contributed by atoms with Gasteiger partial charge in [-0.05, 0) is 54.6 Å². The molecule has 0 bridgehead atoms. The Balaban J connectivity index is 1.57. The fourth-order valence-electron chi connectivity index (χ4n) is 3.12. The van der Waals surface area contributed by atoms with E-state index >= 15 is 0 Å². The van der Waals surface area contributed by atoms with E-state index in [0.717, 1.165) is 11.8 Å². The summed E-state index contributed by atoms with van der Waals surface area (Å²) in [7, 11) is 1.56. The minimum Gasteiger partial charge on any atom is -0.497 e. The highest BCUT2D eigenvalue weighted by Gasteiger charge is 2.15. The normalized spacial score (nSPS) is 11.1. The number of rotatable bonds is 7. The highest BCUT2D eigenvalue weighted by Crippen LogP contribution is 2.22. The fraction of sp³-hybridized carbons (Fsp3) is 0.0833. The molecule has 1 amide bonds. The molecule has 1 aromatic heterocycles. The number of aromatic nitrogens is 2. The van der Waals surface area contributed by atoms with Crippen molar-refractivity contribution in [2.75, 3.05) is 12.9 Å². The number of hydrogen-bond acceptors (Lipinski definition) is 6. The lowest BCUT2D eigenvalue weighted by Gasteiger charge is -2.13. The molecule has 0 atom stereocenters. The van der Waals surface area contributed by atoms with Crippen LogP contribution in [0.15, 0.2) is 86.3 Å². The molecule has 34 heavy (non-hydrogen) atoms. The minimum absolute atomic E-state index is 0.0563. The first kappa shape index (κ1) is 23.7. The summed E-state index contributed by atoms with van der Waals surface area (Å²) in [5.74, 6) is -0.294. The molecule has 4 rings (SSSR count). The van der Waals surface area contributed by atoms with E-state index in [2.05, 4.69) is 31.4 Å². The van der Waals surface area contributed by atoms with Crippen LogP contribution in [0, 0.1) is 5.82 Å². The molecular formula is C24H18BrFN4O3S. The van der Waals surface area contributed by atoms with Crippen LogP contribution in [-0.2, 0) is 4.79 Å². The molecular weight excluding hydrogens is 523 g/mol. The second-order valence-corrected chi connectivity index (χ2v) is 8.86. The van der Waals surface area contributed by atoms with E-state index < -0.39 is 11.7 Å². The number of carbonyl (C=O) groups excluding carboxylic acids is 1. The number of amides is 1. The Morgan fingerprint density at radius 1 is 1.21 bits per heavy atom. The van der Waals surface area contributed by atoms with Crippen molar-refractivity contribution in [1.29, 1.82) is 0 Å². The number of nitrogens with zero attached hydrogens (tertiary/aromatic N) is 3. The van der Waals surface area contributed by atoms with Gasteiger partial charge in [0.15, 0.2) is 5.16 Å². The number of ether oxygens (including phenoxy) is 1. The zero-order valence-corrected chi connectivity index (χ0v) is 20.3. The van der Waals surface area contributed by atoms with E-state index in [0.29, 0.717) is 32.0 Å². The van der Waals surface area contributed by atoms with Crippen molar-refractivity contribution < 1.29 is 13.9 Å². The molecule has 0 saturated heterocycles. The van der Waals surface area contributed by atoms with Crippen molar-refractivity contribution in [1.82, 2.24) is 15.0 Å². The Hall–Kier alpha value is -3.50. The van der Waals surface area contributed by atoms with Crippen molar-refractivity contribution >= 4 is 50.7 Å². The number of fused-ring (bicyclic) bond motifs is 1. The van der Waals surface area contributed by atoms with E-state index in [-0.39, 0.29) is 16.9 Å². The molecule has 0 fully saturated rings. The molecule has 1 heterocycles. The summed E-state index contributed by atoms with van der Waals surface area (Å²) in [5.41, 5.74) is 3.47. The molecule has 0 spiro atoms. The second kappa shape index (κ2) is 10.6. The zero-order chi connectivity index (χ0) is 24.1. The van der Waals surface area contributed by atoms with Crippen LogP contribution in [0.5, 0.6) is 5.75 Å². The van der Waals surface area contributed by atoms with Gasteiger partial charge < -0.3 is 4.74 Å². The standard InChI is InChI=1S/C24H18BrFN4O3S/c1-33-18-9-7-17(8-10-18)30-23(32)19-4-2-3-5-21(19)28-24(30)34-14-22(31)29-27-13-15-12-16(25)6-11-20(15)26/h2-13H,14H2,1H3,(H,29,31)/b27-13-. The van der Waals surface area contributed by atoms with Crippen molar-refractivity contribution in [2.24, 2.45) is 5.10 Å². The molecule has 0 aliphatic rings. The smallest absolute Gasteiger partial charge is 0.266 e. The van der Waals surface area contributed by atoms with Crippen LogP contribution in [0.25, 0.3) is 16.6 Å². The van der Waals surface area contributed by atoms with Gasteiger partial charge in [0.2, 0.25) is 0 Å². The summed E-state index contributed by atoms with van der Waals surface area (Å²) in [6.45, 7) is 0. The van der Waals surface area contributed by atoms with Crippen LogP contribution >= 0.6 is 27.7 Å². The maximum Gasteiger partial charge on any atom is 0.266 e. The van der Waals surface area contributed by atoms with Gasteiger partial charge in [0.05, 0.1) is 35.7 Å². The summed E-state index contributed by atoms with van der Waals surface area (Å²) < 4.78 is 21.2. The molecule has 3 aromatic carbocycles. The number of carbonyl (C=O) groups is 1. The highest BCUT2D eigenvalue weighted by atomic mass is 79.9. The van der Waals surface area contributed by atoms with E-state index in [1.807, 2.05) is 0 Å². The number of halogens is 2. The Kier molecular flexibility index (Phi) is 7.39. The zero-order valence-electron chi connectivity index (χ0n) is 17.9. The van der Waals surface area contributed by atoms with E-state index in [1.54, 1.807) is 67.8 Å². The lowest BCUT2D eigenvalue weighted by molar-refractivity contribution is -0.118. The van der Waals surface area contributed by atoms with Crippen LogP contribution in [-0.4, -0.2) is 34.5 Å². The van der Waals surface area contributed by atoms with Gasteiger partial charge in [0.25, 0.3) is 11.5 Å². The highest BCUT2D eigenvalue weighted by molar-refractivity contribution is 9.10. The molecule has 0 aliphatic carbocycles. The van der Waals surface area contributed by atoms with Gasteiger partial charge >= 0.3 is 0 Å². The summed E-state index contributed by atoms with van der Waals surface area (Å²) >= 11 is 4.36. The first-order valence-electron chi connectivity index (χ1n) is 10.0. The van der Waals surface area contributed by atoms with Gasteiger partial charge in [-0.2, -0.15) is 5.10 Å². The quantitative estimate of drug-likeness (QED) is 0.161. The number of hydrazone groups is 1. The summed E-state index contributed by atoms with van der Waals surface area (Å²) in [6, 6.07) is 18.4. The van der Waals surface area contributed by atoms with Gasteiger partial charge in [0.1, 0.15) is 11.6 Å². The number of nitrogens with one attached hydrogen (secondary N) is 1. The number of benzene rings is 3. The third-order valence-electron chi connectivity index (χ3n) is 4.76. The summed E-state index contributed by atoms with van der Waals surface area (Å²) in [5, 5.41) is 4.64. The van der Waals surface area contributed by atoms with Gasteiger partial charge in [-0.1, -0.05) is 39.8 Å². The number of hydrogen-bond donors (Lipinski definition) is 1. The SMILES string of the molecule is COc1ccc(-n2c(SCC(=O)N/N=C\c3cc(Br)ccc3F)nc3ccccc3c2=O)cc1. The van der Waals surface area contributed by atoms with Gasteiger partial charge in [0, 0.05) is 10.0 Å². The molecule has 0 aliphatic heterocycles. The number of methoxy groups -OCH3 is 1. The Bertz CT molecular complexity index is 1440. The van der Waals surface area contributed by atoms with Crippen molar-refractivity contribution in [2.45, 2.75) is 5.16 Å². The predicted molar refractivity (Wildman–Crippen MR) is 134 cm³/mol. The maximum absolute atomic E-state index is 13.8. The topological polar surface area (TPSA) is 85.6 Å². The van der Waals surface area contributed by atoms with Crippen molar-refractivity contribution in [3.8, 4) is 11.4 Å². The molecule has 7 nitrogen and oxygen atoms in total. The molecule has 0 unspecified atom stereocenters. The molecule has 1 N–H and O–H groups in total. The molecule has 4 aromatic rings. The summed E-state index contributed by atoms with van der Waals surface area (Å²) in [6.07, 6.45) is 1.23. The summed E-state index contributed by atoms with van der Waals surface area (Å²) in [4.78, 5) is 30.2. The van der Waals surface area contributed by atoms with E-state index in [1.165, 1.54) is 16.8 Å². The minimum atomic E-state index is -0.459. The largest absolute Gasteiger partial charge is 0.497 e. The predicted octanol–water partition coefficient (Wildman–Crippen LogP) is 4.54. The third-order valence-corrected chi connectivity index (χ3v) is 6.19. The fourth-order valence-corrected chi connectivity index (χ4v) is 4.30. The second-order valence-electron chi connectivity index (χ2n) is 7.00. The maximum atomic E-state index is 13.8. The molecule has 172 valence electrons. The van der Waals surface area contributed by atoms with Crippen LogP contribution in [0.3, 0.4) is 0 Å². The first-order valence-corrected chi connectivity index (χ1v) is 11.8. The van der Waals surface area contributed by atoms with E-state index in [4.69, 9.17) is 4.74 Å². The molecule has 0 saturated carbocycles.